The van der Waals surface area contributed by atoms with E-state index in [0.717, 1.165) is 17.4 Å². The number of fused-ring (bicyclic) bond motifs is 1. The fourth-order valence-electron chi connectivity index (χ4n) is 4.19. The van der Waals surface area contributed by atoms with Crippen molar-refractivity contribution in [3.8, 4) is 0 Å². The van der Waals surface area contributed by atoms with Gasteiger partial charge in [-0.1, -0.05) is 43.2 Å². The van der Waals surface area contributed by atoms with Gasteiger partial charge in [0.05, 0.1) is 0 Å². The Balaban J connectivity index is 1.54. The summed E-state index contributed by atoms with van der Waals surface area (Å²) in [5.41, 5.74) is 1.01. The van der Waals surface area contributed by atoms with Crippen molar-refractivity contribution in [1.29, 1.82) is 0 Å². The van der Waals surface area contributed by atoms with Crippen LogP contribution in [0.1, 0.15) is 37.7 Å². The third kappa shape index (κ3) is 3.53. The highest BCUT2D eigenvalue weighted by Gasteiger charge is 2.39. The molecule has 0 unspecified atom stereocenters. The normalized spacial score (nSPS) is 28.2. The van der Waals surface area contributed by atoms with Gasteiger partial charge in [0.25, 0.3) is 10.2 Å². The summed E-state index contributed by atoms with van der Waals surface area (Å²) >= 11 is 0. The van der Waals surface area contributed by atoms with E-state index in [1.54, 1.807) is 7.05 Å². The first-order valence-corrected chi connectivity index (χ1v) is 9.75. The molecule has 0 bridgehead atoms. The minimum absolute atomic E-state index is 0.410. The summed E-state index contributed by atoms with van der Waals surface area (Å²) in [7, 11) is -1.75. The van der Waals surface area contributed by atoms with Crippen molar-refractivity contribution >= 4 is 10.2 Å². The van der Waals surface area contributed by atoms with E-state index in [2.05, 4.69) is 4.72 Å². The Hall–Kier alpha value is -0.910. The second-order valence-electron chi connectivity index (χ2n) is 6.79. The van der Waals surface area contributed by atoms with E-state index in [9.17, 15) is 8.42 Å². The van der Waals surface area contributed by atoms with Crippen LogP contribution in [0, 0.1) is 17.8 Å². The Labute approximate surface area is 134 Å². The summed E-state index contributed by atoms with van der Waals surface area (Å²) < 4.78 is 29.0. The zero-order valence-corrected chi connectivity index (χ0v) is 14.1. The minimum Gasteiger partial charge on any atom is -0.202 e. The largest absolute Gasteiger partial charge is 0.279 e. The van der Waals surface area contributed by atoms with Crippen LogP contribution in [0.2, 0.25) is 0 Å². The van der Waals surface area contributed by atoms with Crippen molar-refractivity contribution in [1.82, 2.24) is 9.03 Å². The lowest BCUT2D eigenvalue weighted by molar-refractivity contribution is 0.347. The van der Waals surface area contributed by atoms with Crippen LogP contribution in [0.5, 0.6) is 0 Å². The zero-order valence-electron chi connectivity index (χ0n) is 13.2. The molecule has 0 saturated heterocycles. The van der Waals surface area contributed by atoms with Gasteiger partial charge in [-0.3, -0.25) is 0 Å². The second kappa shape index (κ2) is 6.69. The van der Waals surface area contributed by atoms with E-state index < -0.39 is 10.2 Å². The van der Waals surface area contributed by atoms with Crippen LogP contribution in [0.25, 0.3) is 0 Å². The lowest BCUT2D eigenvalue weighted by atomic mass is 9.92. The molecule has 2 aliphatic carbocycles. The van der Waals surface area contributed by atoms with Gasteiger partial charge >= 0.3 is 0 Å². The van der Waals surface area contributed by atoms with Crippen molar-refractivity contribution in [2.24, 2.45) is 17.8 Å². The van der Waals surface area contributed by atoms with Gasteiger partial charge in [-0.25, -0.2) is 4.72 Å². The highest BCUT2D eigenvalue weighted by Crippen LogP contribution is 2.47. The summed E-state index contributed by atoms with van der Waals surface area (Å²) in [5, 5.41) is 0. The number of nitrogens with one attached hydrogen (secondary N) is 1. The molecule has 3 atom stereocenters. The number of hydrogen-bond acceptors (Lipinski definition) is 2. The number of nitrogens with zero attached hydrogens (tertiary/aromatic N) is 1. The molecule has 2 fully saturated rings. The Morgan fingerprint density at radius 3 is 2.68 bits per heavy atom. The molecule has 0 radical (unpaired) electrons. The summed E-state index contributed by atoms with van der Waals surface area (Å²) in [5.74, 6) is 2.14. The molecule has 0 aliphatic heterocycles. The molecule has 0 aromatic heterocycles. The van der Waals surface area contributed by atoms with Crippen LogP contribution in [-0.4, -0.2) is 26.3 Å². The number of rotatable bonds is 6. The van der Waals surface area contributed by atoms with E-state index in [0.29, 0.717) is 19.0 Å². The highest BCUT2D eigenvalue weighted by molar-refractivity contribution is 7.87. The molecule has 0 spiro atoms. The second-order valence-corrected chi connectivity index (χ2v) is 8.65. The predicted molar refractivity (Wildman–Crippen MR) is 88.4 cm³/mol. The predicted octanol–water partition coefficient (Wildman–Crippen LogP) is 2.78. The molecule has 2 saturated carbocycles. The van der Waals surface area contributed by atoms with E-state index >= 15 is 0 Å². The van der Waals surface area contributed by atoms with E-state index in [4.69, 9.17) is 0 Å². The van der Waals surface area contributed by atoms with Gasteiger partial charge in [-0.05, 0) is 42.6 Å². The molecule has 4 nitrogen and oxygen atoms in total. The first-order valence-electron chi connectivity index (χ1n) is 8.31. The first-order chi connectivity index (χ1) is 10.6. The standard InChI is InChI=1S/C17H26N2O2S/c1-19(13-14-6-3-2-4-7-14)22(20,21)18-12-16-11-10-15-8-5-9-17(15)16/h2-4,6-7,15-18H,5,8-13H2,1H3/t15-,16+,17-/m0/s1. The zero-order chi connectivity index (χ0) is 15.6. The quantitative estimate of drug-likeness (QED) is 0.875. The van der Waals surface area contributed by atoms with Crippen LogP contribution in [0.3, 0.4) is 0 Å². The molecule has 0 amide bonds. The van der Waals surface area contributed by atoms with Crippen LogP contribution in [-0.2, 0) is 16.8 Å². The molecule has 5 heteroatoms. The van der Waals surface area contributed by atoms with Crippen molar-refractivity contribution in [2.45, 2.75) is 38.6 Å². The maximum absolute atomic E-state index is 12.4. The van der Waals surface area contributed by atoms with Gasteiger partial charge in [0.1, 0.15) is 0 Å². The van der Waals surface area contributed by atoms with Crippen LogP contribution < -0.4 is 4.72 Å². The van der Waals surface area contributed by atoms with E-state index in [-0.39, 0.29) is 0 Å². The van der Waals surface area contributed by atoms with Crippen molar-refractivity contribution in [2.75, 3.05) is 13.6 Å². The molecule has 0 heterocycles. The van der Waals surface area contributed by atoms with E-state index in [1.807, 2.05) is 30.3 Å². The Bertz CT molecular complexity index is 588. The molecule has 122 valence electrons. The molecule has 1 aromatic carbocycles. The average molecular weight is 322 g/mol. The molecule has 1 N–H and O–H groups in total. The molecule has 1 aromatic rings. The fraction of sp³-hybridized carbons (Fsp3) is 0.647. The van der Waals surface area contributed by atoms with Crippen molar-refractivity contribution in [3.63, 3.8) is 0 Å². The van der Waals surface area contributed by atoms with Gasteiger partial charge in [0, 0.05) is 20.1 Å². The Morgan fingerprint density at radius 1 is 1.14 bits per heavy atom. The first kappa shape index (κ1) is 16.0. The lowest BCUT2D eigenvalue weighted by Crippen LogP contribution is -2.40. The van der Waals surface area contributed by atoms with E-state index in [1.165, 1.54) is 36.4 Å². The highest BCUT2D eigenvalue weighted by atomic mass is 32.2. The van der Waals surface area contributed by atoms with Gasteiger partial charge in [-0.2, -0.15) is 12.7 Å². The SMILES string of the molecule is CN(Cc1ccccc1)S(=O)(=O)NC[C@H]1CC[C@@H]2CCC[C@@H]21. The Kier molecular flexibility index (Phi) is 4.85. The monoisotopic (exact) mass is 322 g/mol. The fourth-order valence-corrected chi connectivity index (χ4v) is 5.15. The van der Waals surface area contributed by atoms with Crippen molar-refractivity contribution in [3.05, 3.63) is 35.9 Å². The van der Waals surface area contributed by atoms with Crippen LogP contribution >= 0.6 is 0 Å². The summed E-state index contributed by atoms with van der Waals surface area (Å²) in [6.45, 7) is 1.01. The maximum Gasteiger partial charge on any atom is 0.279 e. The van der Waals surface area contributed by atoms with Gasteiger partial charge in [0.2, 0.25) is 0 Å². The molecule has 3 rings (SSSR count). The summed E-state index contributed by atoms with van der Waals surface area (Å²) in [4.78, 5) is 0. The molecular formula is C17H26N2O2S. The average Bonchev–Trinajstić information content (AvgIpc) is 3.09. The lowest BCUT2D eigenvalue weighted by Gasteiger charge is -2.22. The third-order valence-corrected chi connectivity index (χ3v) is 6.90. The summed E-state index contributed by atoms with van der Waals surface area (Å²) in [6.07, 6.45) is 6.43. The van der Waals surface area contributed by atoms with Crippen LogP contribution in [0.15, 0.2) is 30.3 Å². The minimum atomic E-state index is -3.39. The van der Waals surface area contributed by atoms with Gasteiger partial charge < -0.3 is 0 Å². The topological polar surface area (TPSA) is 49.4 Å². The molecular weight excluding hydrogens is 296 g/mol. The Morgan fingerprint density at radius 2 is 1.91 bits per heavy atom. The van der Waals surface area contributed by atoms with Crippen LogP contribution in [0.4, 0.5) is 0 Å². The molecule has 2 aliphatic rings. The smallest absolute Gasteiger partial charge is 0.202 e. The summed E-state index contributed by atoms with van der Waals surface area (Å²) in [6, 6.07) is 9.70. The third-order valence-electron chi connectivity index (χ3n) is 5.42. The molecule has 22 heavy (non-hydrogen) atoms. The van der Waals surface area contributed by atoms with Crippen molar-refractivity contribution < 1.29 is 8.42 Å². The van der Waals surface area contributed by atoms with Gasteiger partial charge in [-0.15, -0.1) is 0 Å². The number of benzene rings is 1. The maximum atomic E-state index is 12.4. The van der Waals surface area contributed by atoms with Gasteiger partial charge in [0.15, 0.2) is 0 Å². The number of hydrogen-bond donors (Lipinski definition) is 1.